The molecule has 8 nitrogen and oxygen atoms in total. The van der Waals surface area contributed by atoms with Crippen LogP contribution in [0.15, 0.2) is 60.8 Å². The zero-order chi connectivity index (χ0) is 41.8. The Bertz CT molecular complexity index is 1080. The minimum Gasteiger partial charge on any atom is -0.391 e. The van der Waals surface area contributed by atoms with Crippen molar-refractivity contribution < 1.29 is 28.4 Å². The Balaban J connectivity index is 4.14. The Hall–Kier alpha value is -1.80. The Morgan fingerprint density at radius 3 is 1.49 bits per heavy atom. The summed E-state index contributed by atoms with van der Waals surface area (Å²) < 4.78 is 22.2. The molecule has 1 amide bonds. The van der Waals surface area contributed by atoms with E-state index in [1.807, 2.05) is 0 Å². The van der Waals surface area contributed by atoms with E-state index in [2.05, 4.69) is 79.9 Å². The van der Waals surface area contributed by atoms with E-state index >= 15 is 0 Å². The summed E-state index contributed by atoms with van der Waals surface area (Å²) in [7, 11) is -4.32. The van der Waals surface area contributed by atoms with Crippen LogP contribution in [0.1, 0.15) is 206 Å². The van der Waals surface area contributed by atoms with E-state index in [1.54, 1.807) is 0 Å². The van der Waals surface area contributed by atoms with Crippen LogP contribution in [0.5, 0.6) is 0 Å². The molecule has 0 aliphatic heterocycles. The number of carbonyl (C=O) groups excluding carboxylic acids is 1. The van der Waals surface area contributed by atoms with Crippen LogP contribution in [-0.2, 0) is 18.4 Å². The Labute approximate surface area is 351 Å². The molecule has 0 aromatic carbocycles. The number of carbonyl (C=O) groups is 1. The number of aliphatic hydroxyl groups excluding tert-OH is 1. The van der Waals surface area contributed by atoms with Crippen LogP contribution in [-0.4, -0.2) is 47.8 Å². The summed E-state index contributed by atoms with van der Waals surface area (Å²) in [5, 5.41) is 13.8. The van der Waals surface area contributed by atoms with Gasteiger partial charge in [-0.25, -0.2) is 4.57 Å². The molecule has 332 valence electrons. The molecule has 0 aliphatic rings. The van der Waals surface area contributed by atoms with E-state index in [-0.39, 0.29) is 25.7 Å². The van der Waals surface area contributed by atoms with Crippen molar-refractivity contribution in [3.63, 3.8) is 0 Å². The van der Waals surface area contributed by atoms with Crippen molar-refractivity contribution in [2.45, 2.75) is 219 Å². The summed E-state index contributed by atoms with van der Waals surface area (Å²) in [4.78, 5) is 22.8. The second-order valence-corrected chi connectivity index (χ2v) is 17.0. The number of aliphatic hydroxyl groups is 1. The van der Waals surface area contributed by atoms with Gasteiger partial charge in [-0.1, -0.05) is 203 Å². The van der Waals surface area contributed by atoms with Gasteiger partial charge >= 0.3 is 7.82 Å². The Kier molecular flexibility index (Phi) is 42.4. The van der Waals surface area contributed by atoms with Gasteiger partial charge in [0.25, 0.3) is 0 Å². The summed E-state index contributed by atoms with van der Waals surface area (Å²) >= 11 is 0. The summed E-state index contributed by atoms with van der Waals surface area (Å²) in [5.74, 6) is -0.174. The van der Waals surface area contributed by atoms with Gasteiger partial charge in [0.1, 0.15) is 0 Å². The van der Waals surface area contributed by atoms with Gasteiger partial charge in [0, 0.05) is 13.0 Å². The largest absolute Gasteiger partial charge is 0.472 e. The van der Waals surface area contributed by atoms with Gasteiger partial charge in [-0.2, -0.15) is 0 Å². The second kappa shape index (κ2) is 43.8. The molecule has 0 spiro atoms. The molecule has 9 heteroatoms. The first-order chi connectivity index (χ1) is 27.9. The number of nitrogens with one attached hydrogen (secondary N) is 1. The van der Waals surface area contributed by atoms with Gasteiger partial charge in [-0.15, -0.1) is 0 Å². The topological polar surface area (TPSA) is 131 Å². The van der Waals surface area contributed by atoms with Crippen LogP contribution in [0.4, 0.5) is 0 Å². The maximum atomic E-state index is 12.8. The van der Waals surface area contributed by atoms with Crippen LogP contribution in [0.25, 0.3) is 0 Å². The van der Waals surface area contributed by atoms with Crippen molar-refractivity contribution in [3.05, 3.63) is 60.8 Å². The van der Waals surface area contributed by atoms with Crippen molar-refractivity contribution in [2.75, 3.05) is 19.8 Å². The molecule has 0 aliphatic carbocycles. The first-order valence-corrected chi connectivity index (χ1v) is 24.9. The monoisotopic (exact) mass is 821 g/mol. The zero-order valence-corrected chi connectivity index (χ0v) is 37.7. The third kappa shape index (κ3) is 42.1. The van der Waals surface area contributed by atoms with Crippen molar-refractivity contribution in [1.82, 2.24) is 5.32 Å². The number of amides is 1. The fourth-order valence-electron chi connectivity index (χ4n) is 6.63. The lowest BCUT2D eigenvalue weighted by Gasteiger charge is -2.25. The highest BCUT2D eigenvalue weighted by atomic mass is 31.2. The molecular weight excluding hydrogens is 732 g/mol. The van der Waals surface area contributed by atoms with Gasteiger partial charge in [0.2, 0.25) is 5.91 Å². The number of nitrogens with two attached hydrogens (primary N) is 1. The third-order valence-corrected chi connectivity index (χ3v) is 11.1. The number of unbranched alkanes of at least 4 members (excludes halogenated alkanes) is 21. The number of rotatable bonds is 43. The molecule has 0 saturated heterocycles. The average molecular weight is 821 g/mol. The average Bonchev–Trinajstić information content (AvgIpc) is 3.20. The highest BCUT2D eigenvalue weighted by Gasteiger charge is 2.27. The second-order valence-electron chi connectivity index (χ2n) is 15.6. The van der Waals surface area contributed by atoms with E-state index in [1.165, 1.54) is 96.3 Å². The van der Waals surface area contributed by atoms with Gasteiger partial charge in [-0.3, -0.25) is 13.8 Å². The van der Waals surface area contributed by atoms with E-state index in [9.17, 15) is 19.4 Å². The first kappa shape index (κ1) is 55.2. The number of hydrogen-bond acceptors (Lipinski definition) is 6. The third-order valence-electron chi connectivity index (χ3n) is 10.1. The molecule has 0 bridgehead atoms. The quantitative estimate of drug-likeness (QED) is 0.0274. The number of phosphoric ester groups is 1. The summed E-state index contributed by atoms with van der Waals surface area (Å²) in [6.07, 6.45) is 55.1. The summed E-state index contributed by atoms with van der Waals surface area (Å²) in [6.45, 7) is 4.09. The Morgan fingerprint density at radius 2 is 1.02 bits per heavy atom. The van der Waals surface area contributed by atoms with E-state index in [4.69, 9.17) is 14.8 Å². The van der Waals surface area contributed by atoms with Gasteiger partial charge in [-0.05, 0) is 57.8 Å². The maximum Gasteiger partial charge on any atom is 0.472 e. The molecule has 3 unspecified atom stereocenters. The molecule has 0 fully saturated rings. The fraction of sp³-hybridized carbons (Fsp3) is 0.771. The van der Waals surface area contributed by atoms with Crippen molar-refractivity contribution in [1.29, 1.82) is 0 Å². The molecule has 5 N–H and O–H groups in total. The molecule has 57 heavy (non-hydrogen) atoms. The standard InChI is InChI=1S/C48H89N2O6P/c1-3-5-7-9-11-13-15-17-19-20-21-22-23-24-25-26-28-30-32-34-36-38-40-42-48(52)50-46(45-56-57(53,54)55-44-43-49)47(51)41-39-37-35-33-31-29-27-18-16-14-12-10-8-6-4-2/h5,7,11,13,17,19,21-22,24-25,46-47,51H,3-4,6,8-10,12,14-16,18,20,23,26-45,49H2,1-2H3,(H,50,52)(H,53,54)/b7-5-,13-11-,19-17-,22-21-,25-24-. The highest BCUT2D eigenvalue weighted by molar-refractivity contribution is 7.47. The predicted octanol–water partition coefficient (Wildman–Crippen LogP) is 13.4. The van der Waals surface area contributed by atoms with Crippen molar-refractivity contribution >= 4 is 13.7 Å². The molecule has 0 rings (SSSR count). The number of allylic oxidation sites excluding steroid dienone is 10. The van der Waals surface area contributed by atoms with E-state index in [0.29, 0.717) is 12.8 Å². The minimum absolute atomic E-state index is 0.0843. The smallest absolute Gasteiger partial charge is 0.391 e. The minimum atomic E-state index is -4.32. The van der Waals surface area contributed by atoms with Crippen LogP contribution in [0.2, 0.25) is 0 Å². The number of phosphoric acid groups is 1. The summed E-state index contributed by atoms with van der Waals surface area (Å²) in [6, 6.07) is -0.783. The van der Waals surface area contributed by atoms with Crippen molar-refractivity contribution in [3.8, 4) is 0 Å². The molecule has 0 aromatic heterocycles. The zero-order valence-electron chi connectivity index (χ0n) is 36.8. The lowest BCUT2D eigenvalue weighted by atomic mass is 10.0. The fourth-order valence-corrected chi connectivity index (χ4v) is 7.39. The van der Waals surface area contributed by atoms with E-state index < -0.39 is 20.0 Å². The van der Waals surface area contributed by atoms with Crippen LogP contribution < -0.4 is 11.1 Å². The lowest BCUT2D eigenvalue weighted by Crippen LogP contribution is -2.46. The molecule has 0 radical (unpaired) electrons. The maximum absolute atomic E-state index is 12.8. The highest BCUT2D eigenvalue weighted by Crippen LogP contribution is 2.43. The summed E-state index contributed by atoms with van der Waals surface area (Å²) in [5.41, 5.74) is 5.39. The van der Waals surface area contributed by atoms with Crippen LogP contribution >= 0.6 is 7.82 Å². The van der Waals surface area contributed by atoms with Crippen molar-refractivity contribution in [2.24, 2.45) is 5.73 Å². The van der Waals surface area contributed by atoms with Crippen LogP contribution in [0.3, 0.4) is 0 Å². The predicted molar refractivity (Wildman–Crippen MR) is 244 cm³/mol. The molecule has 3 atom stereocenters. The lowest BCUT2D eigenvalue weighted by molar-refractivity contribution is -0.123. The molecule has 0 aromatic rings. The SMILES string of the molecule is CC/C=C\C/C=C\C/C=C\C/C=C\C/C=C\CCCCCCCCCC(=O)NC(COP(=O)(O)OCCN)C(O)CCCCCCCCCCCCCCCCC. The molecular formula is C48H89N2O6P. The van der Waals surface area contributed by atoms with E-state index in [0.717, 1.165) is 83.5 Å². The van der Waals surface area contributed by atoms with Crippen LogP contribution in [0, 0.1) is 0 Å². The van der Waals surface area contributed by atoms with Gasteiger partial charge in [0.05, 0.1) is 25.4 Å². The first-order valence-electron chi connectivity index (χ1n) is 23.4. The Morgan fingerprint density at radius 1 is 0.596 bits per heavy atom. The normalized spacial score (nSPS) is 14.5. The van der Waals surface area contributed by atoms with Gasteiger partial charge in [0.15, 0.2) is 0 Å². The molecule has 0 saturated carbocycles. The van der Waals surface area contributed by atoms with Gasteiger partial charge < -0.3 is 21.1 Å². The molecule has 0 heterocycles. The number of hydrogen-bond donors (Lipinski definition) is 4.